The molecule has 1 N–H and O–H groups in total. The fourth-order valence-electron chi connectivity index (χ4n) is 2.49. The summed E-state index contributed by atoms with van der Waals surface area (Å²) < 4.78 is 5.53. The molecule has 3 rings (SSSR count). The van der Waals surface area contributed by atoms with Crippen LogP contribution in [-0.2, 0) is 4.74 Å². The van der Waals surface area contributed by atoms with Crippen LogP contribution in [-0.4, -0.2) is 40.8 Å². The Kier molecular flexibility index (Phi) is 4.07. The number of ether oxygens (including phenoxy) is 1. The number of hydrogen-bond donors (Lipinski definition) is 1. The molecular formula is C15H19N3O2S. The number of nitrogens with one attached hydrogen (secondary N) is 1. The van der Waals surface area contributed by atoms with Crippen molar-refractivity contribution < 1.29 is 9.53 Å². The molecule has 2 aromatic heterocycles. The summed E-state index contributed by atoms with van der Waals surface area (Å²) in [4.78, 5) is 15.9. The van der Waals surface area contributed by atoms with E-state index in [1.54, 1.807) is 17.5 Å². The summed E-state index contributed by atoms with van der Waals surface area (Å²) >= 11 is 1.65. The highest BCUT2D eigenvalue weighted by Crippen LogP contribution is 2.28. The molecule has 2 aromatic rings. The van der Waals surface area contributed by atoms with Crippen molar-refractivity contribution in [2.45, 2.75) is 25.8 Å². The van der Waals surface area contributed by atoms with E-state index < -0.39 is 0 Å². The van der Waals surface area contributed by atoms with Crippen LogP contribution in [0.2, 0.25) is 0 Å². The van der Waals surface area contributed by atoms with Gasteiger partial charge in [0, 0.05) is 23.0 Å². The molecule has 0 radical (unpaired) electrons. The number of aromatic nitrogens is 2. The average Bonchev–Trinajstić information content (AvgIpc) is 3.18. The number of aromatic amines is 1. The number of carbonyl (C=O) groups excluding carboxylic acids is 1. The molecule has 1 saturated heterocycles. The van der Waals surface area contributed by atoms with E-state index in [4.69, 9.17) is 4.74 Å². The fourth-order valence-corrected chi connectivity index (χ4v) is 3.39. The Hall–Kier alpha value is -1.66. The van der Waals surface area contributed by atoms with Crippen LogP contribution < -0.4 is 0 Å². The second-order valence-electron chi connectivity index (χ2n) is 5.49. The number of nitrogens with zero attached hydrogens (tertiary/aromatic N) is 2. The zero-order valence-electron chi connectivity index (χ0n) is 12.2. The molecule has 6 heteroatoms. The Bertz CT molecular complexity index is 606. The smallest absolute Gasteiger partial charge is 0.255 e. The van der Waals surface area contributed by atoms with Gasteiger partial charge in [0.25, 0.3) is 5.91 Å². The first-order chi connectivity index (χ1) is 10.2. The number of morpholine rings is 1. The number of carbonyl (C=O) groups is 1. The molecule has 5 nitrogen and oxygen atoms in total. The summed E-state index contributed by atoms with van der Waals surface area (Å²) in [5, 5.41) is 8.88. The van der Waals surface area contributed by atoms with E-state index in [1.165, 1.54) is 4.88 Å². The van der Waals surface area contributed by atoms with Gasteiger partial charge in [-0.3, -0.25) is 9.89 Å². The average molecular weight is 305 g/mol. The first-order valence-corrected chi connectivity index (χ1v) is 8.01. The van der Waals surface area contributed by atoms with E-state index in [1.807, 2.05) is 22.4 Å². The van der Waals surface area contributed by atoms with E-state index >= 15 is 0 Å². The maximum atomic E-state index is 12.8. The lowest BCUT2D eigenvalue weighted by atomic mass is 10.1. The predicted octanol–water partition coefficient (Wildman–Crippen LogP) is 2.81. The Balaban J connectivity index is 1.83. The number of amides is 1. The fraction of sp³-hybridized carbons (Fsp3) is 0.467. The quantitative estimate of drug-likeness (QED) is 0.948. The molecule has 0 aromatic carbocycles. The summed E-state index contributed by atoms with van der Waals surface area (Å²) in [5.74, 6) is 0.519. The van der Waals surface area contributed by atoms with Crippen LogP contribution >= 0.6 is 11.3 Å². The zero-order chi connectivity index (χ0) is 14.8. The lowest BCUT2D eigenvalue weighted by Gasteiger charge is -2.34. The van der Waals surface area contributed by atoms with Crippen LogP contribution in [0.5, 0.6) is 0 Å². The Morgan fingerprint density at radius 3 is 3.10 bits per heavy atom. The molecule has 112 valence electrons. The molecule has 1 aliphatic rings. The van der Waals surface area contributed by atoms with Gasteiger partial charge in [0.05, 0.1) is 30.5 Å². The molecule has 0 spiro atoms. The third-order valence-corrected chi connectivity index (χ3v) is 4.94. The van der Waals surface area contributed by atoms with Crippen molar-refractivity contribution in [2.75, 3.05) is 19.8 Å². The van der Waals surface area contributed by atoms with Gasteiger partial charge in [-0.25, -0.2) is 0 Å². The first kappa shape index (κ1) is 14.3. The van der Waals surface area contributed by atoms with Crippen molar-refractivity contribution in [3.63, 3.8) is 0 Å². The van der Waals surface area contributed by atoms with Crippen LogP contribution in [0, 0.1) is 0 Å². The molecule has 0 bridgehead atoms. The van der Waals surface area contributed by atoms with Gasteiger partial charge in [0.15, 0.2) is 0 Å². The Morgan fingerprint density at radius 2 is 2.43 bits per heavy atom. The van der Waals surface area contributed by atoms with Crippen LogP contribution in [0.25, 0.3) is 0 Å². The summed E-state index contributed by atoms with van der Waals surface area (Å²) in [6.45, 7) is 5.98. The highest BCUT2D eigenvalue weighted by molar-refractivity contribution is 7.10. The molecular weight excluding hydrogens is 286 g/mol. The van der Waals surface area contributed by atoms with Crippen molar-refractivity contribution in [3.8, 4) is 0 Å². The molecule has 1 amide bonds. The van der Waals surface area contributed by atoms with Gasteiger partial charge >= 0.3 is 0 Å². The first-order valence-electron chi connectivity index (χ1n) is 7.13. The Morgan fingerprint density at radius 1 is 1.57 bits per heavy atom. The second-order valence-corrected chi connectivity index (χ2v) is 6.44. The zero-order valence-corrected chi connectivity index (χ0v) is 13.0. The normalized spacial score (nSPS) is 19.2. The minimum absolute atomic E-state index is 0.0704. The maximum absolute atomic E-state index is 12.8. The van der Waals surface area contributed by atoms with Crippen molar-refractivity contribution in [1.29, 1.82) is 0 Å². The number of H-pyrrole nitrogens is 1. The van der Waals surface area contributed by atoms with Crippen LogP contribution in [0.1, 0.15) is 46.7 Å². The SMILES string of the molecule is CC(C)c1cc(C(=O)N2CCOCC2c2ccn[nH]2)cs1. The standard InChI is InChI=1S/C15H19N3O2S/c1-10(2)14-7-11(9-21-14)15(19)18-5-6-20-8-13(18)12-3-4-16-17-12/h3-4,7,9-10,13H,5-6,8H2,1-2H3,(H,16,17). The third kappa shape index (κ3) is 2.87. The van der Waals surface area contributed by atoms with Gasteiger partial charge in [0.2, 0.25) is 0 Å². The van der Waals surface area contributed by atoms with Crippen molar-refractivity contribution in [3.05, 3.63) is 39.8 Å². The lowest BCUT2D eigenvalue weighted by Crippen LogP contribution is -2.43. The Labute approximate surface area is 127 Å². The summed E-state index contributed by atoms with van der Waals surface area (Å²) in [6, 6.07) is 3.82. The van der Waals surface area contributed by atoms with Gasteiger partial charge < -0.3 is 9.64 Å². The molecule has 1 fully saturated rings. The van der Waals surface area contributed by atoms with Gasteiger partial charge in [0.1, 0.15) is 0 Å². The molecule has 1 aliphatic heterocycles. The number of rotatable bonds is 3. The second kappa shape index (κ2) is 5.99. The van der Waals surface area contributed by atoms with Gasteiger partial charge in [-0.2, -0.15) is 5.10 Å². The van der Waals surface area contributed by atoms with Crippen LogP contribution in [0.3, 0.4) is 0 Å². The van der Waals surface area contributed by atoms with E-state index in [0.717, 1.165) is 11.3 Å². The van der Waals surface area contributed by atoms with Crippen molar-refractivity contribution >= 4 is 17.2 Å². The maximum Gasteiger partial charge on any atom is 0.255 e. The highest BCUT2D eigenvalue weighted by Gasteiger charge is 2.30. The van der Waals surface area contributed by atoms with Gasteiger partial charge in [-0.05, 0) is 18.1 Å². The lowest BCUT2D eigenvalue weighted by molar-refractivity contribution is -0.00388. The number of thiophene rings is 1. The molecule has 1 atom stereocenters. The van der Waals surface area contributed by atoms with Crippen LogP contribution in [0.4, 0.5) is 0 Å². The minimum Gasteiger partial charge on any atom is -0.377 e. The van der Waals surface area contributed by atoms with Crippen molar-refractivity contribution in [2.24, 2.45) is 0 Å². The largest absolute Gasteiger partial charge is 0.377 e. The minimum atomic E-state index is -0.0869. The number of hydrogen-bond acceptors (Lipinski definition) is 4. The summed E-state index contributed by atoms with van der Waals surface area (Å²) in [7, 11) is 0. The van der Waals surface area contributed by atoms with E-state index in [0.29, 0.717) is 25.7 Å². The van der Waals surface area contributed by atoms with Gasteiger partial charge in [-0.15, -0.1) is 11.3 Å². The van der Waals surface area contributed by atoms with E-state index in [2.05, 4.69) is 24.0 Å². The predicted molar refractivity (Wildman–Crippen MR) is 81.6 cm³/mol. The van der Waals surface area contributed by atoms with E-state index in [9.17, 15) is 4.79 Å². The third-order valence-electron chi connectivity index (χ3n) is 3.71. The summed E-state index contributed by atoms with van der Waals surface area (Å²) in [5.41, 5.74) is 1.69. The molecule has 1 unspecified atom stereocenters. The van der Waals surface area contributed by atoms with E-state index in [-0.39, 0.29) is 11.9 Å². The highest BCUT2D eigenvalue weighted by atomic mass is 32.1. The monoisotopic (exact) mass is 305 g/mol. The van der Waals surface area contributed by atoms with Crippen LogP contribution in [0.15, 0.2) is 23.7 Å². The van der Waals surface area contributed by atoms with Crippen molar-refractivity contribution in [1.82, 2.24) is 15.1 Å². The molecule has 21 heavy (non-hydrogen) atoms. The topological polar surface area (TPSA) is 58.2 Å². The van der Waals surface area contributed by atoms with Gasteiger partial charge in [-0.1, -0.05) is 13.8 Å². The summed E-state index contributed by atoms with van der Waals surface area (Å²) in [6.07, 6.45) is 1.70. The molecule has 0 saturated carbocycles. The molecule has 3 heterocycles. The molecule has 0 aliphatic carbocycles.